The summed E-state index contributed by atoms with van der Waals surface area (Å²) >= 11 is 0. The second kappa shape index (κ2) is 169. The van der Waals surface area contributed by atoms with Crippen LogP contribution in [-0.4, -0.2) is 52.6 Å². The Kier molecular flexibility index (Phi) is 367. The van der Waals surface area contributed by atoms with Crippen LogP contribution in [0.1, 0.15) is 83.1 Å². The molecule has 0 amide bonds. The Morgan fingerprint density at radius 2 is 0.241 bits per heavy atom. The molecule has 0 saturated carbocycles. The third-order valence-corrected chi connectivity index (χ3v) is 0. The number of rotatable bonds is 0. The van der Waals surface area contributed by atoms with Gasteiger partial charge < -0.3 is 27.3 Å². The summed E-state index contributed by atoms with van der Waals surface area (Å²) in [5.74, 6) is 0. The molecule has 54 heavy (non-hydrogen) atoms. The average Bonchev–Trinajstić information content (AvgIpc) is 2.87. The SMILES string of the molecule is CC#N.CC#N.CC#N.CC#N.CC#N.CC#N.CC#N.CC#N.CC#N.CC#N.CC#N.CC#N.O=S(=O)([O-])[O-].O=S(=O)([O-])[O-].O=S(=O)([O-])[O-].[Zn+2].[Zn+2].[Zn+2]. The van der Waals surface area contributed by atoms with Gasteiger partial charge in [0.15, 0.2) is 0 Å². The zero-order chi connectivity index (χ0) is 46.0. The zero-order valence-electron chi connectivity index (χ0n) is 31.6. The second-order valence-electron chi connectivity index (χ2n) is 3.91. The first-order valence-electron chi connectivity index (χ1n) is 10.7. The summed E-state index contributed by atoms with van der Waals surface area (Å²) in [7, 11) is -15.5. The predicted molar refractivity (Wildman–Crippen MR) is 167 cm³/mol. The molecule has 0 spiro atoms. The summed E-state index contributed by atoms with van der Waals surface area (Å²) in [6, 6.07) is 21.0. The van der Waals surface area contributed by atoms with Gasteiger partial charge >= 0.3 is 58.4 Å². The van der Waals surface area contributed by atoms with E-state index in [1.807, 2.05) is 0 Å². The molecule has 0 N–H and O–H groups in total. The van der Waals surface area contributed by atoms with Crippen LogP contribution in [0.3, 0.4) is 0 Å². The van der Waals surface area contributed by atoms with E-state index in [2.05, 4.69) is 0 Å². The molecule has 0 atom stereocenters. The molecule has 0 aromatic rings. The van der Waals surface area contributed by atoms with Crippen molar-refractivity contribution < 1.29 is 111 Å². The third kappa shape index (κ3) is 4730. The minimum absolute atomic E-state index is 0. The molecular weight excluding hydrogens is 941 g/mol. The second-order valence-corrected chi connectivity index (χ2v) is 6.36. The molecule has 0 aromatic carbocycles. The Morgan fingerprint density at radius 1 is 0.241 bits per heavy atom. The monoisotopic (exact) mass is 972 g/mol. The first-order valence-corrected chi connectivity index (χ1v) is 14.7. The molecule has 0 radical (unpaired) electrons. The molecule has 30 heteroatoms. The van der Waals surface area contributed by atoms with Crippen molar-refractivity contribution >= 4 is 31.2 Å². The van der Waals surface area contributed by atoms with Gasteiger partial charge in [0.1, 0.15) is 0 Å². The van der Waals surface area contributed by atoms with Crippen LogP contribution in [0.25, 0.3) is 0 Å². The predicted octanol–water partition coefficient (Wildman–Crippen LogP) is 2.34. The Bertz CT molecular complexity index is 1170. The van der Waals surface area contributed by atoms with Crippen LogP contribution in [0.2, 0.25) is 0 Å². The Hall–Kier alpha value is -4.64. The molecule has 288 valence electrons. The normalized spacial score (nSPS) is 5.00. The summed E-state index contributed by atoms with van der Waals surface area (Å²) in [5, 5.41) is 87.8. The van der Waals surface area contributed by atoms with Crippen LogP contribution in [0.5, 0.6) is 0 Å². The number of hydrogen-bond acceptors (Lipinski definition) is 24. The van der Waals surface area contributed by atoms with Crippen LogP contribution < -0.4 is 0 Å². The zero-order valence-corrected chi connectivity index (χ0v) is 43.0. The van der Waals surface area contributed by atoms with E-state index in [1.54, 1.807) is 72.8 Å². The summed E-state index contributed by atoms with van der Waals surface area (Å²) in [4.78, 5) is 0. The van der Waals surface area contributed by atoms with Gasteiger partial charge in [0.25, 0.3) is 0 Å². The van der Waals surface area contributed by atoms with Crippen LogP contribution in [-0.2, 0) is 89.6 Å². The van der Waals surface area contributed by atoms with Gasteiger partial charge in [-0.2, -0.15) is 63.1 Å². The maximum atomic E-state index is 8.52. The first kappa shape index (κ1) is 117. The van der Waals surface area contributed by atoms with Crippen LogP contribution in [0, 0.1) is 136 Å². The molecule has 0 aliphatic rings. The van der Waals surface area contributed by atoms with Crippen molar-refractivity contribution in [3.63, 3.8) is 0 Å². The van der Waals surface area contributed by atoms with E-state index in [9.17, 15) is 0 Å². The number of nitriles is 12. The summed E-state index contributed by atoms with van der Waals surface area (Å²) < 4.78 is 102. The fraction of sp³-hybridized carbons (Fsp3) is 0.500. The topological polar surface area (TPSA) is 526 Å². The van der Waals surface area contributed by atoms with Crippen LogP contribution in [0.15, 0.2) is 0 Å². The smallest absolute Gasteiger partial charge is 0.759 e. The summed E-state index contributed by atoms with van der Waals surface area (Å²) in [6.07, 6.45) is 0. The Morgan fingerprint density at radius 3 is 0.241 bits per heavy atom. The Labute approximate surface area is 358 Å². The van der Waals surface area contributed by atoms with Gasteiger partial charge in [0, 0.05) is 114 Å². The number of hydrogen-bond donors (Lipinski definition) is 0. The fourth-order valence-corrected chi connectivity index (χ4v) is 0. The van der Waals surface area contributed by atoms with E-state index >= 15 is 0 Å². The number of nitrogens with zero attached hydrogens (tertiary/aromatic N) is 12. The molecule has 0 aliphatic heterocycles. The largest absolute Gasteiger partial charge is 2.00 e. The van der Waals surface area contributed by atoms with E-state index in [0.717, 1.165) is 0 Å². The molecule has 0 rings (SSSR count). The van der Waals surface area contributed by atoms with Gasteiger partial charge in [-0.1, -0.05) is 0 Å². The first-order chi connectivity index (χ1) is 23.0. The van der Waals surface area contributed by atoms with Crippen molar-refractivity contribution in [2.24, 2.45) is 0 Å². The molecule has 0 heterocycles. The van der Waals surface area contributed by atoms with Crippen molar-refractivity contribution in [3.8, 4) is 72.8 Å². The molecule has 0 saturated heterocycles. The maximum Gasteiger partial charge on any atom is 2.00 e. The van der Waals surface area contributed by atoms with Gasteiger partial charge in [-0.3, -0.25) is 25.3 Å². The van der Waals surface area contributed by atoms with Gasteiger partial charge in [0.05, 0.1) is 72.8 Å². The standard InChI is InChI=1S/12C2H3N.3H2O4S.3Zn/c12*1-2-3;3*1-5(2,3)4;;;/h12*1H3;3*(H2,1,2,3,4);;;/q;;;;;;;;;;;;;;;3*+2/p-6. The maximum absolute atomic E-state index is 8.52. The average molecular weight is 977 g/mol. The molecule has 0 fully saturated rings. The van der Waals surface area contributed by atoms with Gasteiger partial charge in [-0.05, 0) is 0 Å². The van der Waals surface area contributed by atoms with Gasteiger partial charge in [-0.15, -0.1) is 0 Å². The van der Waals surface area contributed by atoms with E-state index < -0.39 is 31.2 Å². The Balaban J connectivity index is -0.0000000161. The van der Waals surface area contributed by atoms with Crippen molar-refractivity contribution in [1.29, 1.82) is 63.1 Å². The molecule has 24 nitrogen and oxygen atoms in total. The van der Waals surface area contributed by atoms with Gasteiger partial charge in [0.2, 0.25) is 0 Å². The van der Waals surface area contributed by atoms with E-state index in [1.165, 1.54) is 83.1 Å². The summed E-state index contributed by atoms with van der Waals surface area (Å²) in [6.45, 7) is 17.2. The van der Waals surface area contributed by atoms with E-state index in [-0.39, 0.29) is 58.4 Å². The minimum atomic E-state index is -5.17. The molecule has 0 bridgehead atoms. The van der Waals surface area contributed by atoms with Crippen molar-refractivity contribution in [3.05, 3.63) is 0 Å². The van der Waals surface area contributed by atoms with Crippen molar-refractivity contribution in [1.82, 2.24) is 0 Å². The van der Waals surface area contributed by atoms with Crippen molar-refractivity contribution in [2.75, 3.05) is 0 Å². The molecule has 0 aliphatic carbocycles. The van der Waals surface area contributed by atoms with Crippen molar-refractivity contribution in [2.45, 2.75) is 83.1 Å². The molecular formula is C24H36N12O12S3Zn3. The summed E-state index contributed by atoms with van der Waals surface area (Å²) in [5.41, 5.74) is 0. The quantitative estimate of drug-likeness (QED) is 0.191. The fourth-order valence-electron chi connectivity index (χ4n) is 0. The van der Waals surface area contributed by atoms with Crippen LogP contribution in [0.4, 0.5) is 0 Å². The molecule has 0 unspecified atom stereocenters. The van der Waals surface area contributed by atoms with Gasteiger partial charge in [-0.25, -0.2) is 0 Å². The van der Waals surface area contributed by atoms with Crippen LogP contribution >= 0.6 is 0 Å². The minimum Gasteiger partial charge on any atom is -0.759 e. The third-order valence-electron chi connectivity index (χ3n) is 0. The van der Waals surface area contributed by atoms with E-state index in [0.29, 0.717) is 0 Å². The van der Waals surface area contributed by atoms with E-state index in [4.69, 9.17) is 116 Å². The molecule has 0 aromatic heterocycles.